The topological polar surface area (TPSA) is 33.2 Å². The number of fused-ring (bicyclic) bond motifs is 1. The van der Waals surface area contributed by atoms with Crippen LogP contribution in [0.3, 0.4) is 0 Å². The maximum atomic E-state index is 13.0. The summed E-state index contributed by atoms with van der Waals surface area (Å²) < 4.78 is 13.0. The molecule has 0 aliphatic carbocycles. The molecular formula is C20H17FN2OS. The van der Waals surface area contributed by atoms with Crippen LogP contribution in [0.4, 0.5) is 10.1 Å². The number of aromatic nitrogens is 1. The summed E-state index contributed by atoms with van der Waals surface area (Å²) >= 11 is 1.48. The number of rotatable bonds is 3. The average molecular weight is 352 g/mol. The number of carbonyl (C=O) groups excluding carboxylic acids is 1. The lowest BCUT2D eigenvalue weighted by molar-refractivity contribution is -0.118. The Morgan fingerprint density at radius 3 is 2.80 bits per heavy atom. The molecule has 0 N–H and O–H groups in total. The summed E-state index contributed by atoms with van der Waals surface area (Å²) in [5.41, 5.74) is 3.88. The van der Waals surface area contributed by atoms with E-state index in [2.05, 4.69) is 11.1 Å². The van der Waals surface area contributed by atoms with E-state index in [1.54, 1.807) is 12.1 Å². The van der Waals surface area contributed by atoms with Crippen molar-refractivity contribution in [3.8, 4) is 10.6 Å². The van der Waals surface area contributed by atoms with Crippen molar-refractivity contribution < 1.29 is 9.18 Å². The van der Waals surface area contributed by atoms with Crippen molar-refractivity contribution in [1.82, 2.24) is 4.98 Å². The molecule has 1 amide bonds. The lowest BCUT2D eigenvalue weighted by Crippen LogP contribution is -2.36. The van der Waals surface area contributed by atoms with Crippen LogP contribution in [0.15, 0.2) is 53.9 Å². The van der Waals surface area contributed by atoms with Gasteiger partial charge in [-0.25, -0.2) is 9.37 Å². The Kier molecular flexibility index (Phi) is 4.32. The number of nitrogens with zero attached hydrogens (tertiary/aromatic N) is 2. The van der Waals surface area contributed by atoms with Crippen molar-refractivity contribution in [3.63, 3.8) is 0 Å². The number of halogens is 1. The highest BCUT2D eigenvalue weighted by molar-refractivity contribution is 7.13. The van der Waals surface area contributed by atoms with E-state index in [-0.39, 0.29) is 18.1 Å². The molecule has 0 saturated carbocycles. The summed E-state index contributed by atoms with van der Waals surface area (Å²) in [6.07, 6.45) is 2.29. The van der Waals surface area contributed by atoms with Gasteiger partial charge in [-0.1, -0.05) is 18.2 Å². The third kappa shape index (κ3) is 3.33. The molecule has 0 atom stereocenters. The Morgan fingerprint density at radius 1 is 1.16 bits per heavy atom. The van der Waals surface area contributed by atoms with Gasteiger partial charge in [-0.05, 0) is 48.7 Å². The van der Waals surface area contributed by atoms with Crippen LogP contribution in [-0.4, -0.2) is 17.4 Å². The van der Waals surface area contributed by atoms with E-state index in [4.69, 9.17) is 0 Å². The zero-order valence-electron chi connectivity index (χ0n) is 13.6. The standard InChI is InChI=1S/C20H17FN2OS/c21-16-9-7-15(8-10-16)20-22-17(13-25-20)12-19(24)23-11-3-5-14-4-1-2-6-18(14)23/h1-2,4,6-10,13H,3,5,11-12H2. The van der Waals surface area contributed by atoms with E-state index in [0.717, 1.165) is 41.3 Å². The molecule has 2 heterocycles. The molecule has 126 valence electrons. The van der Waals surface area contributed by atoms with E-state index in [1.807, 2.05) is 28.5 Å². The first-order valence-electron chi connectivity index (χ1n) is 8.29. The summed E-state index contributed by atoms with van der Waals surface area (Å²) in [5.74, 6) is -0.192. The molecule has 0 spiro atoms. The van der Waals surface area contributed by atoms with Gasteiger partial charge >= 0.3 is 0 Å². The molecule has 1 aliphatic heterocycles. The van der Waals surface area contributed by atoms with Gasteiger partial charge in [0.1, 0.15) is 10.8 Å². The van der Waals surface area contributed by atoms with Crippen LogP contribution in [0, 0.1) is 5.82 Å². The molecule has 0 saturated heterocycles. The average Bonchev–Trinajstić information content (AvgIpc) is 3.10. The molecule has 25 heavy (non-hydrogen) atoms. The first-order chi connectivity index (χ1) is 12.2. The number of carbonyl (C=O) groups is 1. The highest BCUT2D eigenvalue weighted by Gasteiger charge is 2.22. The predicted octanol–water partition coefficient (Wildman–Crippen LogP) is 4.47. The second-order valence-electron chi connectivity index (χ2n) is 6.11. The van der Waals surface area contributed by atoms with Gasteiger partial charge in [-0.3, -0.25) is 4.79 Å². The van der Waals surface area contributed by atoms with Crippen LogP contribution in [-0.2, 0) is 17.6 Å². The van der Waals surface area contributed by atoms with Gasteiger partial charge in [0.25, 0.3) is 0 Å². The van der Waals surface area contributed by atoms with Gasteiger partial charge in [0, 0.05) is 23.2 Å². The van der Waals surface area contributed by atoms with Gasteiger partial charge < -0.3 is 4.90 Å². The van der Waals surface area contributed by atoms with Crippen LogP contribution in [0.5, 0.6) is 0 Å². The molecule has 3 aromatic rings. The lowest BCUT2D eigenvalue weighted by atomic mass is 10.0. The highest BCUT2D eigenvalue weighted by Crippen LogP contribution is 2.28. The van der Waals surface area contributed by atoms with E-state index in [9.17, 15) is 9.18 Å². The normalized spacial score (nSPS) is 13.6. The van der Waals surface area contributed by atoms with Gasteiger partial charge in [0.05, 0.1) is 12.1 Å². The van der Waals surface area contributed by atoms with Gasteiger partial charge in [-0.2, -0.15) is 0 Å². The Hall–Kier alpha value is -2.53. The first kappa shape index (κ1) is 16.0. The third-order valence-electron chi connectivity index (χ3n) is 4.39. The van der Waals surface area contributed by atoms with Crippen molar-refractivity contribution in [2.45, 2.75) is 19.3 Å². The molecule has 4 rings (SSSR count). The summed E-state index contributed by atoms with van der Waals surface area (Å²) in [5, 5.41) is 2.72. The molecule has 0 fully saturated rings. The molecule has 0 radical (unpaired) electrons. The van der Waals surface area contributed by atoms with E-state index < -0.39 is 0 Å². The minimum Gasteiger partial charge on any atom is -0.312 e. The quantitative estimate of drug-likeness (QED) is 0.697. The number of para-hydroxylation sites is 1. The van der Waals surface area contributed by atoms with E-state index >= 15 is 0 Å². The summed E-state index contributed by atoms with van der Waals surface area (Å²) in [6.45, 7) is 0.755. The molecule has 5 heteroatoms. The lowest BCUT2D eigenvalue weighted by Gasteiger charge is -2.29. The summed E-state index contributed by atoms with van der Waals surface area (Å²) in [6, 6.07) is 14.4. The van der Waals surface area contributed by atoms with Crippen LogP contribution in [0.2, 0.25) is 0 Å². The SMILES string of the molecule is O=C(Cc1csc(-c2ccc(F)cc2)n1)N1CCCc2ccccc21. The van der Waals surface area contributed by atoms with Gasteiger partial charge in [0.15, 0.2) is 0 Å². The first-order valence-corrected chi connectivity index (χ1v) is 9.17. The highest BCUT2D eigenvalue weighted by atomic mass is 32.1. The third-order valence-corrected chi connectivity index (χ3v) is 5.33. The van der Waals surface area contributed by atoms with Crippen molar-refractivity contribution in [3.05, 3.63) is 71.0 Å². The van der Waals surface area contributed by atoms with Crippen LogP contribution < -0.4 is 4.90 Å². The fraction of sp³-hybridized carbons (Fsp3) is 0.200. The molecular weight excluding hydrogens is 335 g/mol. The molecule has 3 nitrogen and oxygen atoms in total. The number of thiazole rings is 1. The zero-order valence-corrected chi connectivity index (χ0v) is 14.4. The second kappa shape index (κ2) is 6.76. The monoisotopic (exact) mass is 352 g/mol. The van der Waals surface area contributed by atoms with E-state index in [1.165, 1.54) is 29.0 Å². The fourth-order valence-corrected chi connectivity index (χ4v) is 3.98. The molecule has 0 bridgehead atoms. The Balaban J connectivity index is 1.52. The van der Waals surface area contributed by atoms with Gasteiger partial charge in [0.2, 0.25) is 5.91 Å². The van der Waals surface area contributed by atoms with Crippen LogP contribution >= 0.6 is 11.3 Å². The Morgan fingerprint density at radius 2 is 1.96 bits per heavy atom. The van der Waals surface area contributed by atoms with Gasteiger partial charge in [-0.15, -0.1) is 11.3 Å². The maximum absolute atomic E-state index is 13.0. The van der Waals surface area contributed by atoms with Crippen molar-refractivity contribution in [2.75, 3.05) is 11.4 Å². The van der Waals surface area contributed by atoms with E-state index in [0.29, 0.717) is 0 Å². The van der Waals surface area contributed by atoms with Crippen LogP contribution in [0.1, 0.15) is 17.7 Å². The number of amides is 1. The molecule has 1 aliphatic rings. The number of hydrogen-bond acceptors (Lipinski definition) is 3. The summed E-state index contributed by atoms with van der Waals surface area (Å²) in [4.78, 5) is 19.2. The molecule has 1 aromatic heterocycles. The Bertz CT molecular complexity index is 904. The van der Waals surface area contributed by atoms with Crippen molar-refractivity contribution in [1.29, 1.82) is 0 Å². The predicted molar refractivity (Wildman–Crippen MR) is 98.3 cm³/mol. The second-order valence-corrected chi connectivity index (χ2v) is 6.96. The summed E-state index contributed by atoms with van der Waals surface area (Å²) in [7, 11) is 0. The fourth-order valence-electron chi connectivity index (χ4n) is 3.16. The van der Waals surface area contributed by atoms with Crippen LogP contribution in [0.25, 0.3) is 10.6 Å². The maximum Gasteiger partial charge on any atom is 0.233 e. The van der Waals surface area contributed by atoms with Crippen molar-refractivity contribution >= 4 is 22.9 Å². The number of benzene rings is 2. The van der Waals surface area contributed by atoms with Crippen molar-refractivity contribution in [2.24, 2.45) is 0 Å². The number of hydrogen-bond donors (Lipinski definition) is 0. The Labute approximate surface area is 149 Å². The minimum atomic E-state index is -0.264. The smallest absolute Gasteiger partial charge is 0.233 e. The minimum absolute atomic E-state index is 0.0723. The largest absolute Gasteiger partial charge is 0.312 e. The number of anilines is 1. The zero-order chi connectivity index (χ0) is 17.2. The number of aryl methyl sites for hydroxylation is 1. The molecule has 2 aromatic carbocycles. The molecule has 0 unspecified atom stereocenters.